The maximum absolute atomic E-state index is 6.66. The molecule has 1 rings (SSSR count). The Bertz CT molecular complexity index is 136. The third-order valence-corrected chi connectivity index (χ3v) is 4.19. The third-order valence-electron chi connectivity index (χ3n) is 3.24. The highest BCUT2D eigenvalue weighted by Crippen LogP contribution is 2.45. The zero-order valence-electron chi connectivity index (χ0n) is 8.62. The fraction of sp³-hybridized carbons (Fsp3) is 1.00. The molecule has 0 aliphatic heterocycles. The monoisotopic (exact) mass is 188 g/mol. The van der Waals surface area contributed by atoms with Crippen LogP contribution in [0.15, 0.2) is 0 Å². The Morgan fingerprint density at radius 2 is 1.33 bits per heavy atom. The molecule has 0 spiro atoms. The van der Waals surface area contributed by atoms with Crippen molar-refractivity contribution in [1.82, 2.24) is 0 Å². The van der Waals surface area contributed by atoms with Crippen molar-refractivity contribution in [3.8, 4) is 0 Å². The van der Waals surface area contributed by atoms with E-state index in [4.69, 9.17) is 11.6 Å². The summed E-state index contributed by atoms with van der Waals surface area (Å²) in [6.07, 6.45) is 7.81. The quantitative estimate of drug-likeness (QED) is 0.391. The van der Waals surface area contributed by atoms with Crippen LogP contribution in [0.25, 0.3) is 0 Å². The second kappa shape index (κ2) is 3.57. The largest absolute Gasteiger partial charge is 0.119 e. The standard InChI is InChI=1S/C11H21Cl/c1-10(2,3)11(12)8-6-4-5-7-9-11/h4-9H2,1-3H3. The molecule has 0 nitrogen and oxygen atoms in total. The zero-order valence-corrected chi connectivity index (χ0v) is 9.38. The molecule has 1 saturated carbocycles. The van der Waals surface area contributed by atoms with Gasteiger partial charge in [0.25, 0.3) is 0 Å². The van der Waals surface area contributed by atoms with E-state index in [0.717, 1.165) is 0 Å². The van der Waals surface area contributed by atoms with E-state index in [0.29, 0.717) is 0 Å². The Hall–Kier alpha value is 0.290. The Morgan fingerprint density at radius 3 is 1.67 bits per heavy atom. The fourth-order valence-corrected chi connectivity index (χ4v) is 2.31. The lowest BCUT2D eigenvalue weighted by Crippen LogP contribution is -2.36. The molecule has 0 atom stereocenters. The highest BCUT2D eigenvalue weighted by molar-refractivity contribution is 6.24. The second-order valence-corrected chi connectivity index (χ2v) is 5.85. The van der Waals surface area contributed by atoms with Gasteiger partial charge in [0.15, 0.2) is 0 Å². The zero-order chi connectivity index (χ0) is 9.24. The van der Waals surface area contributed by atoms with Crippen molar-refractivity contribution in [2.75, 3.05) is 0 Å². The number of hydrogen-bond acceptors (Lipinski definition) is 0. The molecular weight excluding hydrogens is 168 g/mol. The lowest BCUT2D eigenvalue weighted by atomic mass is 9.75. The minimum absolute atomic E-state index is 0.0729. The molecule has 1 aliphatic carbocycles. The van der Waals surface area contributed by atoms with E-state index in [-0.39, 0.29) is 10.3 Å². The minimum Gasteiger partial charge on any atom is -0.119 e. The van der Waals surface area contributed by atoms with Crippen molar-refractivity contribution in [3.63, 3.8) is 0 Å². The van der Waals surface area contributed by atoms with Crippen LogP contribution >= 0.6 is 11.6 Å². The van der Waals surface area contributed by atoms with Crippen LogP contribution in [-0.4, -0.2) is 4.87 Å². The third kappa shape index (κ3) is 2.16. The van der Waals surface area contributed by atoms with Crippen LogP contribution in [-0.2, 0) is 0 Å². The van der Waals surface area contributed by atoms with E-state index < -0.39 is 0 Å². The predicted octanol–water partition coefficient (Wildman–Crippen LogP) is 4.36. The van der Waals surface area contributed by atoms with Gasteiger partial charge in [0.1, 0.15) is 0 Å². The maximum Gasteiger partial charge on any atom is 0.0495 e. The maximum atomic E-state index is 6.66. The smallest absolute Gasteiger partial charge is 0.0495 e. The van der Waals surface area contributed by atoms with Gasteiger partial charge < -0.3 is 0 Å². The van der Waals surface area contributed by atoms with Crippen LogP contribution in [0.3, 0.4) is 0 Å². The van der Waals surface area contributed by atoms with Crippen molar-refractivity contribution in [1.29, 1.82) is 0 Å². The fourth-order valence-electron chi connectivity index (χ4n) is 2.04. The highest BCUT2D eigenvalue weighted by atomic mass is 35.5. The van der Waals surface area contributed by atoms with Crippen LogP contribution in [0.2, 0.25) is 0 Å². The highest BCUT2D eigenvalue weighted by Gasteiger charge is 2.39. The first-order chi connectivity index (χ1) is 5.46. The molecule has 0 saturated heterocycles. The van der Waals surface area contributed by atoms with E-state index >= 15 is 0 Å². The predicted molar refractivity (Wildman–Crippen MR) is 55.7 cm³/mol. The summed E-state index contributed by atoms with van der Waals surface area (Å²) < 4.78 is 0. The lowest BCUT2D eigenvalue weighted by Gasteiger charge is -2.39. The van der Waals surface area contributed by atoms with Gasteiger partial charge in [-0.2, -0.15) is 0 Å². The molecule has 1 heteroatoms. The van der Waals surface area contributed by atoms with Crippen molar-refractivity contribution >= 4 is 11.6 Å². The van der Waals surface area contributed by atoms with Gasteiger partial charge in [-0.3, -0.25) is 0 Å². The van der Waals surface area contributed by atoms with Crippen LogP contribution in [0.4, 0.5) is 0 Å². The molecule has 0 N–H and O–H groups in total. The van der Waals surface area contributed by atoms with Crippen molar-refractivity contribution < 1.29 is 0 Å². The Morgan fingerprint density at radius 1 is 0.917 bits per heavy atom. The van der Waals surface area contributed by atoms with Crippen molar-refractivity contribution in [2.45, 2.75) is 64.2 Å². The first-order valence-corrected chi connectivity index (χ1v) is 5.52. The number of hydrogen-bond donors (Lipinski definition) is 0. The first kappa shape index (κ1) is 10.4. The Labute approximate surface area is 81.7 Å². The summed E-state index contributed by atoms with van der Waals surface area (Å²) in [4.78, 5) is 0.0729. The molecule has 1 fully saturated rings. The first-order valence-electron chi connectivity index (χ1n) is 5.15. The number of alkyl halides is 1. The molecule has 12 heavy (non-hydrogen) atoms. The molecule has 72 valence electrons. The van der Waals surface area contributed by atoms with Gasteiger partial charge >= 0.3 is 0 Å². The molecular formula is C11H21Cl. The number of halogens is 1. The molecule has 0 amide bonds. The van der Waals surface area contributed by atoms with E-state index in [2.05, 4.69) is 20.8 Å². The van der Waals surface area contributed by atoms with Crippen LogP contribution in [0.1, 0.15) is 59.3 Å². The molecule has 1 aliphatic rings. The summed E-state index contributed by atoms with van der Waals surface area (Å²) in [5.74, 6) is 0. The van der Waals surface area contributed by atoms with Gasteiger partial charge in [0.05, 0.1) is 0 Å². The second-order valence-electron chi connectivity index (χ2n) is 5.13. The van der Waals surface area contributed by atoms with Gasteiger partial charge in [-0.05, 0) is 18.3 Å². The van der Waals surface area contributed by atoms with Gasteiger partial charge in [-0.15, -0.1) is 11.6 Å². The number of rotatable bonds is 0. The summed E-state index contributed by atoms with van der Waals surface area (Å²) in [6.45, 7) is 6.81. The van der Waals surface area contributed by atoms with Gasteiger partial charge in [0.2, 0.25) is 0 Å². The average Bonchev–Trinajstić information content (AvgIpc) is 2.12. The normalized spacial score (nSPS) is 25.0. The SMILES string of the molecule is CC(C)(C)C1(Cl)CCCCCC1. The Kier molecular flexibility index (Phi) is 3.09. The summed E-state index contributed by atoms with van der Waals surface area (Å²) in [5.41, 5.74) is 0.263. The van der Waals surface area contributed by atoms with Crippen molar-refractivity contribution in [2.24, 2.45) is 5.41 Å². The minimum atomic E-state index is 0.0729. The van der Waals surface area contributed by atoms with Crippen LogP contribution in [0.5, 0.6) is 0 Å². The average molecular weight is 189 g/mol. The van der Waals surface area contributed by atoms with E-state index in [9.17, 15) is 0 Å². The van der Waals surface area contributed by atoms with Gasteiger partial charge in [-0.1, -0.05) is 46.5 Å². The molecule has 0 bridgehead atoms. The lowest BCUT2D eigenvalue weighted by molar-refractivity contribution is 0.246. The van der Waals surface area contributed by atoms with E-state index in [1.807, 2.05) is 0 Å². The summed E-state index contributed by atoms with van der Waals surface area (Å²) >= 11 is 6.66. The van der Waals surface area contributed by atoms with Gasteiger partial charge in [-0.25, -0.2) is 0 Å². The van der Waals surface area contributed by atoms with Crippen LogP contribution < -0.4 is 0 Å². The van der Waals surface area contributed by atoms with E-state index in [1.54, 1.807) is 0 Å². The topological polar surface area (TPSA) is 0 Å². The summed E-state index contributed by atoms with van der Waals surface area (Å²) in [5, 5.41) is 0. The molecule has 0 unspecified atom stereocenters. The molecule has 0 aromatic heterocycles. The molecule has 0 radical (unpaired) electrons. The molecule has 0 aromatic rings. The van der Waals surface area contributed by atoms with E-state index in [1.165, 1.54) is 38.5 Å². The molecule has 0 aromatic carbocycles. The molecule has 0 heterocycles. The summed E-state index contributed by atoms with van der Waals surface area (Å²) in [7, 11) is 0. The summed E-state index contributed by atoms with van der Waals surface area (Å²) in [6, 6.07) is 0. The van der Waals surface area contributed by atoms with Gasteiger partial charge in [0, 0.05) is 4.87 Å². The van der Waals surface area contributed by atoms with Crippen molar-refractivity contribution in [3.05, 3.63) is 0 Å². The Balaban J connectivity index is 2.67. The van der Waals surface area contributed by atoms with Crippen LogP contribution in [0, 0.1) is 5.41 Å².